The molecule has 4 rings (SSSR count). The Balaban J connectivity index is 1.75. The lowest BCUT2D eigenvalue weighted by molar-refractivity contribution is 0.130. The molecule has 0 aliphatic rings. The van der Waals surface area contributed by atoms with E-state index in [1.54, 1.807) is 26.4 Å². The molecular weight excluding hydrogens is 431 g/mol. The van der Waals surface area contributed by atoms with Crippen LogP contribution in [0.25, 0.3) is 16.9 Å². The van der Waals surface area contributed by atoms with Gasteiger partial charge in [0.05, 0.1) is 31.3 Å². The van der Waals surface area contributed by atoms with Crippen LogP contribution < -0.4 is 9.47 Å². The van der Waals surface area contributed by atoms with Crippen LogP contribution in [0.5, 0.6) is 11.5 Å². The average molecular weight is 459 g/mol. The molecule has 0 aliphatic carbocycles. The second-order valence-electron chi connectivity index (χ2n) is 7.84. The largest absolute Gasteiger partial charge is 0.497 e. The van der Waals surface area contributed by atoms with Crippen LogP contribution in [0.2, 0.25) is 0 Å². The van der Waals surface area contributed by atoms with Gasteiger partial charge in [-0.2, -0.15) is 0 Å². The van der Waals surface area contributed by atoms with Crippen LogP contribution in [0.4, 0.5) is 4.39 Å². The first-order valence-electron chi connectivity index (χ1n) is 10.9. The second-order valence-corrected chi connectivity index (χ2v) is 7.84. The fourth-order valence-corrected chi connectivity index (χ4v) is 3.91. The number of nitrogens with zero attached hydrogens (tertiary/aromatic N) is 2. The highest BCUT2D eigenvalue weighted by atomic mass is 19.1. The number of methoxy groups -OCH3 is 2. The molecule has 0 unspecified atom stereocenters. The predicted octanol–water partition coefficient (Wildman–Crippen LogP) is 6.55. The maximum atomic E-state index is 13.1. The van der Waals surface area contributed by atoms with Crippen molar-refractivity contribution in [1.82, 2.24) is 4.57 Å². The Hall–Kier alpha value is -4.06. The Bertz CT molecular complexity index is 1300. The second kappa shape index (κ2) is 10.3. The Labute approximate surface area is 199 Å². The normalized spacial score (nSPS) is 11.4. The number of benzene rings is 3. The molecule has 0 atom stereocenters. The highest BCUT2D eigenvalue weighted by Crippen LogP contribution is 2.35. The smallest absolute Gasteiger partial charge is 0.146 e. The summed E-state index contributed by atoms with van der Waals surface area (Å²) in [5, 5.41) is 4.34. The quantitative estimate of drug-likeness (QED) is 0.222. The van der Waals surface area contributed by atoms with Gasteiger partial charge in [-0.25, -0.2) is 4.39 Å². The minimum atomic E-state index is -0.275. The summed E-state index contributed by atoms with van der Waals surface area (Å²) in [4.78, 5) is 5.58. The Morgan fingerprint density at radius 1 is 0.912 bits per heavy atom. The van der Waals surface area contributed by atoms with Crippen molar-refractivity contribution in [1.29, 1.82) is 0 Å². The SMILES string of the molecule is COc1ccc(-n2c(-c3ccccc3)cc(/C(C)=N/OCc3ccc(F)cc3)c2C)c(OC)c1. The van der Waals surface area contributed by atoms with Crippen LogP contribution in [0, 0.1) is 12.7 Å². The zero-order valence-corrected chi connectivity index (χ0v) is 19.7. The molecule has 1 heterocycles. The van der Waals surface area contributed by atoms with E-state index < -0.39 is 0 Å². The molecule has 0 fully saturated rings. The minimum Gasteiger partial charge on any atom is -0.497 e. The van der Waals surface area contributed by atoms with Crippen LogP contribution in [-0.2, 0) is 11.4 Å². The van der Waals surface area contributed by atoms with Gasteiger partial charge in [0.25, 0.3) is 0 Å². The summed E-state index contributed by atoms with van der Waals surface area (Å²) >= 11 is 0. The van der Waals surface area contributed by atoms with E-state index in [0.717, 1.165) is 45.2 Å². The van der Waals surface area contributed by atoms with Crippen molar-refractivity contribution in [3.05, 3.63) is 102 Å². The van der Waals surface area contributed by atoms with Crippen molar-refractivity contribution >= 4 is 5.71 Å². The molecule has 174 valence electrons. The van der Waals surface area contributed by atoms with E-state index in [-0.39, 0.29) is 12.4 Å². The van der Waals surface area contributed by atoms with E-state index in [1.807, 2.05) is 50.2 Å². The van der Waals surface area contributed by atoms with Crippen LogP contribution in [-0.4, -0.2) is 24.5 Å². The van der Waals surface area contributed by atoms with Crippen molar-refractivity contribution in [2.45, 2.75) is 20.5 Å². The Kier molecular flexibility index (Phi) is 6.97. The van der Waals surface area contributed by atoms with E-state index in [0.29, 0.717) is 5.75 Å². The predicted molar refractivity (Wildman–Crippen MR) is 132 cm³/mol. The molecule has 4 aromatic rings. The van der Waals surface area contributed by atoms with E-state index in [2.05, 4.69) is 27.9 Å². The maximum absolute atomic E-state index is 13.1. The molecule has 0 spiro atoms. The molecule has 5 nitrogen and oxygen atoms in total. The molecule has 3 aromatic carbocycles. The first kappa shape index (κ1) is 23.1. The summed E-state index contributed by atoms with van der Waals surface area (Å²) in [7, 11) is 3.28. The number of aromatic nitrogens is 1. The van der Waals surface area contributed by atoms with Gasteiger partial charge in [-0.15, -0.1) is 0 Å². The van der Waals surface area contributed by atoms with Gasteiger partial charge in [-0.05, 0) is 55.3 Å². The van der Waals surface area contributed by atoms with E-state index in [9.17, 15) is 4.39 Å². The number of hydrogen-bond acceptors (Lipinski definition) is 4. The van der Waals surface area contributed by atoms with Crippen molar-refractivity contribution < 1.29 is 18.7 Å². The van der Waals surface area contributed by atoms with Gasteiger partial charge < -0.3 is 18.9 Å². The van der Waals surface area contributed by atoms with Gasteiger partial charge >= 0.3 is 0 Å². The molecule has 0 saturated heterocycles. The third-order valence-electron chi connectivity index (χ3n) is 5.68. The molecule has 0 aliphatic heterocycles. The van der Waals surface area contributed by atoms with Crippen LogP contribution in [0.15, 0.2) is 84.0 Å². The molecule has 0 N–H and O–H groups in total. The first-order chi connectivity index (χ1) is 16.5. The highest BCUT2D eigenvalue weighted by molar-refractivity contribution is 6.01. The topological polar surface area (TPSA) is 45.0 Å². The number of oxime groups is 1. The lowest BCUT2D eigenvalue weighted by Gasteiger charge is -2.16. The first-order valence-corrected chi connectivity index (χ1v) is 10.9. The third-order valence-corrected chi connectivity index (χ3v) is 5.68. The monoisotopic (exact) mass is 458 g/mol. The molecule has 0 amide bonds. The van der Waals surface area contributed by atoms with Crippen molar-refractivity contribution in [2.24, 2.45) is 5.16 Å². The number of hydrogen-bond donors (Lipinski definition) is 0. The third kappa shape index (κ3) is 4.81. The van der Waals surface area contributed by atoms with Crippen molar-refractivity contribution in [3.8, 4) is 28.4 Å². The van der Waals surface area contributed by atoms with Gasteiger partial charge in [0.2, 0.25) is 0 Å². The molecular formula is C28H27FN2O3. The van der Waals surface area contributed by atoms with Crippen molar-refractivity contribution in [3.63, 3.8) is 0 Å². The summed E-state index contributed by atoms with van der Waals surface area (Å²) in [5.41, 5.74) is 6.50. The van der Waals surface area contributed by atoms with Crippen LogP contribution >= 0.6 is 0 Å². The summed E-state index contributed by atoms with van der Waals surface area (Å²) in [5.74, 6) is 1.14. The fourth-order valence-electron chi connectivity index (χ4n) is 3.91. The van der Waals surface area contributed by atoms with Gasteiger partial charge in [0.1, 0.15) is 23.9 Å². The van der Waals surface area contributed by atoms with Crippen LogP contribution in [0.3, 0.4) is 0 Å². The lowest BCUT2D eigenvalue weighted by Crippen LogP contribution is -2.04. The van der Waals surface area contributed by atoms with Gasteiger partial charge in [0, 0.05) is 17.3 Å². The van der Waals surface area contributed by atoms with E-state index in [1.165, 1.54) is 12.1 Å². The molecule has 1 aromatic heterocycles. The molecule has 34 heavy (non-hydrogen) atoms. The van der Waals surface area contributed by atoms with Gasteiger partial charge in [-0.3, -0.25) is 0 Å². The van der Waals surface area contributed by atoms with Crippen molar-refractivity contribution in [2.75, 3.05) is 14.2 Å². The Morgan fingerprint density at radius 2 is 1.65 bits per heavy atom. The zero-order valence-electron chi connectivity index (χ0n) is 19.7. The summed E-state index contributed by atoms with van der Waals surface area (Å²) < 4.78 is 26.4. The zero-order chi connectivity index (χ0) is 24.1. The average Bonchev–Trinajstić information content (AvgIpc) is 3.22. The molecule has 6 heteroatoms. The van der Waals surface area contributed by atoms with E-state index in [4.69, 9.17) is 14.3 Å². The van der Waals surface area contributed by atoms with Gasteiger partial charge in [-0.1, -0.05) is 47.6 Å². The number of rotatable bonds is 8. The summed E-state index contributed by atoms with van der Waals surface area (Å²) in [6, 6.07) is 24.2. The highest BCUT2D eigenvalue weighted by Gasteiger charge is 2.19. The summed E-state index contributed by atoms with van der Waals surface area (Å²) in [6.07, 6.45) is 0. The summed E-state index contributed by atoms with van der Waals surface area (Å²) in [6.45, 7) is 4.22. The molecule has 0 saturated carbocycles. The number of halogens is 1. The molecule has 0 radical (unpaired) electrons. The van der Waals surface area contributed by atoms with Gasteiger partial charge in [0.15, 0.2) is 0 Å². The lowest BCUT2D eigenvalue weighted by atomic mass is 10.1. The number of ether oxygens (including phenoxy) is 2. The van der Waals surface area contributed by atoms with E-state index >= 15 is 0 Å². The standard InChI is InChI=1S/C28H27FN2O3/c1-19(30-34-18-21-10-12-23(29)13-11-21)25-17-27(22-8-6-5-7-9-22)31(20(25)2)26-15-14-24(32-3)16-28(26)33-4/h5-17H,18H2,1-4H3/b30-19+. The Morgan fingerprint density at radius 3 is 2.32 bits per heavy atom. The fraction of sp³-hybridized carbons (Fsp3) is 0.179. The molecule has 0 bridgehead atoms. The van der Waals surface area contributed by atoms with Crippen LogP contribution in [0.1, 0.15) is 23.7 Å². The maximum Gasteiger partial charge on any atom is 0.146 e. The minimum absolute atomic E-state index is 0.259.